The van der Waals surface area contributed by atoms with Crippen molar-refractivity contribution in [1.82, 2.24) is 0 Å². The molecule has 0 aliphatic carbocycles. The molecule has 0 fully saturated rings. The highest BCUT2D eigenvalue weighted by atomic mass is 19.3. The molecule has 0 bridgehead atoms. The molecule has 0 spiro atoms. The van der Waals surface area contributed by atoms with Crippen molar-refractivity contribution in [2.75, 3.05) is 0 Å². The highest BCUT2D eigenvalue weighted by Crippen LogP contribution is 2.49. The van der Waals surface area contributed by atoms with E-state index >= 15 is 0 Å². The smallest absolute Gasteiger partial charge is 0.425 e. The molecule has 3 aromatic carbocycles. The van der Waals surface area contributed by atoms with Crippen LogP contribution in [0.2, 0.25) is 0 Å². The second kappa shape index (κ2) is 10.7. The van der Waals surface area contributed by atoms with Crippen LogP contribution in [0.15, 0.2) is 54.6 Å². The molecule has 0 N–H and O–H groups in total. The molecule has 1 nitrogen and oxygen atoms in total. The number of rotatable bonds is 10. The third kappa shape index (κ3) is 5.16. The Morgan fingerprint density at radius 1 is 0.735 bits per heavy atom. The predicted octanol–water partition coefficient (Wildman–Crippen LogP) is 9.46. The van der Waals surface area contributed by atoms with E-state index < -0.39 is 11.9 Å². The quantitative estimate of drug-likeness (QED) is 0.270. The van der Waals surface area contributed by atoms with E-state index in [1.807, 2.05) is 18.2 Å². The first kappa shape index (κ1) is 24.4. The van der Waals surface area contributed by atoms with Gasteiger partial charge in [0.05, 0.1) is 5.56 Å². The van der Waals surface area contributed by atoms with E-state index in [4.69, 9.17) is 4.74 Å². The normalized spacial score (nSPS) is 13.8. The Bertz CT molecular complexity index is 1120. The van der Waals surface area contributed by atoms with Gasteiger partial charge in [0.25, 0.3) is 0 Å². The summed E-state index contributed by atoms with van der Waals surface area (Å²) in [6.07, 6.45) is 6.79. The van der Waals surface area contributed by atoms with Crippen LogP contribution in [0.3, 0.4) is 0 Å². The van der Waals surface area contributed by atoms with Crippen LogP contribution in [-0.2, 0) is 19.0 Å². The summed E-state index contributed by atoms with van der Waals surface area (Å²) >= 11 is 0. The fourth-order valence-electron chi connectivity index (χ4n) is 4.71. The summed E-state index contributed by atoms with van der Waals surface area (Å²) in [6, 6.07) is 16.4. The molecule has 4 heteroatoms. The van der Waals surface area contributed by atoms with Gasteiger partial charge in [-0.3, -0.25) is 0 Å². The largest absolute Gasteiger partial charge is 0.427 e. The Labute approximate surface area is 201 Å². The minimum Gasteiger partial charge on any atom is -0.425 e. The maximum atomic E-state index is 14.9. The van der Waals surface area contributed by atoms with Crippen LogP contribution in [0.25, 0.3) is 22.3 Å². The number of ether oxygens (including phenoxy) is 1. The second-order valence-electron chi connectivity index (χ2n) is 9.22. The van der Waals surface area contributed by atoms with Gasteiger partial charge < -0.3 is 4.74 Å². The van der Waals surface area contributed by atoms with Gasteiger partial charge in [-0.25, -0.2) is 4.39 Å². The molecule has 4 rings (SSSR count). The van der Waals surface area contributed by atoms with Crippen molar-refractivity contribution in [3.05, 3.63) is 77.1 Å². The topological polar surface area (TPSA) is 9.23 Å². The molecule has 0 radical (unpaired) electrons. The van der Waals surface area contributed by atoms with Crippen molar-refractivity contribution in [3.63, 3.8) is 0 Å². The van der Waals surface area contributed by atoms with E-state index in [1.54, 1.807) is 25.1 Å². The first-order chi connectivity index (χ1) is 16.4. The van der Waals surface area contributed by atoms with E-state index in [2.05, 4.69) is 19.1 Å². The summed E-state index contributed by atoms with van der Waals surface area (Å²) < 4.78 is 49.5. The molecule has 34 heavy (non-hydrogen) atoms. The Morgan fingerprint density at radius 2 is 1.38 bits per heavy atom. The molecule has 0 amide bonds. The molecule has 3 aromatic rings. The van der Waals surface area contributed by atoms with Gasteiger partial charge in [0, 0.05) is 5.56 Å². The molecular weight excluding hydrogens is 433 g/mol. The van der Waals surface area contributed by atoms with Gasteiger partial charge >= 0.3 is 6.11 Å². The molecule has 1 aliphatic rings. The maximum absolute atomic E-state index is 14.9. The number of hydrogen-bond acceptors (Lipinski definition) is 1. The van der Waals surface area contributed by atoms with Crippen LogP contribution in [-0.4, -0.2) is 0 Å². The summed E-state index contributed by atoms with van der Waals surface area (Å²) in [7, 11) is 0. The number of fused-ring (bicyclic) bond motifs is 3. The lowest BCUT2D eigenvalue weighted by atomic mass is 9.91. The molecule has 1 aliphatic heterocycles. The Morgan fingerprint density at radius 3 is 2.09 bits per heavy atom. The van der Waals surface area contributed by atoms with Crippen LogP contribution in [0.1, 0.15) is 75.5 Å². The summed E-state index contributed by atoms with van der Waals surface area (Å²) in [4.78, 5) is 0. The molecule has 0 aromatic heterocycles. The molecular formula is C30H33F3O. The first-order valence-corrected chi connectivity index (χ1v) is 12.6. The average Bonchev–Trinajstić information content (AvgIpc) is 2.84. The van der Waals surface area contributed by atoms with Gasteiger partial charge in [-0.15, -0.1) is 0 Å². The van der Waals surface area contributed by atoms with Crippen molar-refractivity contribution >= 4 is 0 Å². The summed E-state index contributed by atoms with van der Waals surface area (Å²) in [5, 5.41) is 0. The van der Waals surface area contributed by atoms with Gasteiger partial charge in [0.15, 0.2) is 11.6 Å². The molecule has 0 unspecified atom stereocenters. The molecule has 0 atom stereocenters. The fourth-order valence-corrected chi connectivity index (χ4v) is 4.71. The fraction of sp³-hybridized carbons (Fsp3) is 0.400. The van der Waals surface area contributed by atoms with Gasteiger partial charge in [0.2, 0.25) is 0 Å². The number of hydrogen-bond donors (Lipinski definition) is 0. The highest BCUT2D eigenvalue weighted by molar-refractivity contribution is 5.80. The zero-order chi connectivity index (χ0) is 24.1. The summed E-state index contributed by atoms with van der Waals surface area (Å²) in [5.74, 6) is -1.06. The summed E-state index contributed by atoms with van der Waals surface area (Å²) in [6.45, 7) is 4.01. The first-order valence-electron chi connectivity index (χ1n) is 12.6. The number of benzene rings is 3. The minimum absolute atomic E-state index is 0.228. The summed E-state index contributed by atoms with van der Waals surface area (Å²) in [5.41, 5.74) is 3.65. The molecule has 0 saturated heterocycles. The van der Waals surface area contributed by atoms with Crippen LogP contribution in [0, 0.1) is 5.82 Å². The third-order valence-corrected chi connectivity index (χ3v) is 6.77. The maximum Gasteiger partial charge on any atom is 0.427 e. The monoisotopic (exact) mass is 466 g/mol. The van der Waals surface area contributed by atoms with Crippen molar-refractivity contribution in [1.29, 1.82) is 0 Å². The number of halogens is 3. The van der Waals surface area contributed by atoms with Gasteiger partial charge in [-0.1, -0.05) is 101 Å². The minimum atomic E-state index is -3.59. The van der Waals surface area contributed by atoms with Crippen molar-refractivity contribution in [2.24, 2.45) is 0 Å². The predicted molar refractivity (Wildman–Crippen MR) is 133 cm³/mol. The van der Waals surface area contributed by atoms with Gasteiger partial charge in [-0.2, -0.15) is 8.78 Å². The van der Waals surface area contributed by atoms with E-state index in [0.29, 0.717) is 28.7 Å². The van der Waals surface area contributed by atoms with E-state index in [0.717, 1.165) is 12.0 Å². The van der Waals surface area contributed by atoms with Crippen LogP contribution < -0.4 is 4.74 Å². The standard InChI is InChI=1S/C30H33F3O/c1-3-5-6-7-8-9-10-11-21-12-14-23(15-13-21)24-17-18-25-26-19-16-22(4-2)28(31)29(26)34-30(32,33)27(25)20-24/h12-20H,3-11H2,1-2H3. The lowest BCUT2D eigenvalue weighted by Crippen LogP contribution is -2.27. The lowest BCUT2D eigenvalue weighted by Gasteiger charge is -2.29. The number of unbranched alkanes of at least 4 members (excludes halogenated alkanes) is 6. The van der Waals surface area contributed by atoms with E-state index in [9.17, 15) is 13.2 Å². The molecule has 1 heterocycles. The van der Waals surface area contributed by atoms with Gasteiger partial charge in [-0.05, 0) is 53.1 Å². The van der Waals surface area contributed by atoms with Crippen molar-refractivity contribution in [3.8, 4) is 28.0 Å². The van der Waals surface area contributed by atoms with Crippen LogP contribution in [0.5, 0.6) is 5.75 Å². The van der Waals surface area contributed by atoms with Gasteiger partial charge in [0.1, 0.15) is 0 Å². The second-order valence-corrected chi connectivity index (χ2v) is 9.22. The Kier molecular flexibility index (Phi) is 7.65. The average molecular weight is 467 g/mol. The number of alkyl halides is 2. The third-order valence-electron chi connectivity index (χ3n) is 6.77. The van der Waals surface area contributed by atoms with Crippen molar-refractivity contribution < 1.29 is 17.9 Å². The van der Waals surface area contributed by atoms with Crippen molar-refractivity contribution in [2.45, 2.75) is 77.7 Å². The Balaban J connectivity index is 1.49. The highest BCUT2D eigenvalue weighted by Gasteiger charge is 2.43. The number of aryl methyl sites for hydroxylation is 2. The molecule has 180 valence electrons. The van der Waals surface area contributed by atoms with Crippen LogP contribution >= 0.6 is 0 Å². The van der Waals surface area contributed by atoms with Crippen LogP contribution in [0.4, 0.5) is 13.2 Å². The molecule has 0 saturated carbocycles. The van der Waals surface area contributed by atoms with E-state index in [-0.39, 0.29) is 11.3 Å². The zero-order valence-electron chi connectivity index (χ0n) is 20.1. The lowest BCUT2D eigenvalue weighted by molar-refractivity contribution is -0.188. The SMILES string of the molecule is CCCCCCCCCc1ccc(-c2ccc3c(c2)C(F)(F)Oc2c-3ccc(CC)c2F)cc1. The Hall–Kier alpha value is -2.75. The zero-order valence-corrected chi connectivity index (χ0v) is 20.1. The van der Waals surface area contributed by atoms with E-state index in [1.165, 1.54) is 56.6 Å².